The fraction of sp³-hybridized carbons (Fsp3) is 0.400. The van der Waals surface area contributed by atoms with Gasteiger partial charge in [0.2, 0.25) is 0 Å². The second kappa shape index (κ2) is 11.6. The van der Waals surface area contributed by atoms with Crippen molar-refractivity contribution in [3.63, 3.8) is 0 Å². The van der Waals surface area contributed by atoms with Gasteiger partial charge in [-0.25, -0.2) is 0 Å². The first-order valence-corrected chi connectivity index (χ1v) is 12.8. The van der Waals surface area contributed by atoms with Crippen molar-refractivity contribution in [1.29, 1.82) is 0 Å². The van der Waals surface area contributed by atoms with Crippen LogP contribution in [-0.4, -0.2) is 6.16 Å². The maximum atomic E-state index is 4.17. The molecule has 0 aliphatic heterocycles. The van der Waals surface area contributed by atoms with E-state index in [1.807, 2.05) is 0 Å². The molecule has 1 aliphatic carbocycles. The minimum atomic E-state index is 0.320. The summed E-state index contributed by atoms with van der Waals surface area (Å²) in [6.07, 6.45) is 18.6. The van der Waals surface area contributed by atoms with Crippen molar-refractivity contribution in [2.24, 2.45) is 5.41 Å². The van der Waals surface area contributed by atoms with E-state index in [2.05, 4.69) is 103 Å². The molecule has 0 aromatic heterocycles. The van der Waals surface area contributed by atoms with Crippen LogP contribution in [0.2, 0.25) is 0 Å². The molecule has 0 heterocycles. The quantitative estimate of drug-likeness (QED) is 0.261. The molecule has 3 unspecified atom stereocenters. The van der Waals surface area contributed by atoms with Gasteiger partial charge in [0.25, 0.3) is 0 Å². The first-order valence-electron chi connectivity index (χ1n) is 12.0. The highest BCUT2D eigenvalue weighted by Crippen LogP contribution is 2.43. The molecule has 3 atom stereocenters. The van der Waals surface area contributed by atoms with Gasteiger partial charge in [0.05, 0.1) is 0 Å². The van der Waals surface area contributed by atoms with E-state index in [1.165, 1.54) is 53.5 Å². The van der Waals surface area contributed by atoms with Crippen LogP contribution in [0.1, 0.15) is 80.5 Å². The molecule has 0 fully saturated rings. The number of hydrogen-bond donors (Lipinski definition) is 0. The standard InChI is InChI=1S/C30H39P/c1-4-7-18-30(6-3)19-16-27(17-20-30)28-11-8-10-25(22-28)21-24-12-14-26(15-13-24)29(23-31)9-5-2/h5-6,8-16,22,29H,3-4,7,17-21,23,31H2,1-2H3. The van der Waals surface area contributed by atoms with Crippen LogP contribution < -0.4 is 0 Å². The van der Waals surface area contributed by atoms with Crippen LogP contribution in [-0.2, 0) is 6.42 Å². The van der Waals surface area contributed by atoms with Crippen molar-refractivity contribution in [3.8, 4) is 0 Å². The number of allylic oxidation sites excluding steroid dienone is 5. The maximum Gasteiger partial charge on any atom is 0.00523 e. The van der Waals surface area contributed by atoms with Crippen LogP contribution >= 0.6 is 9.24 Å². The predicted molar refractivity (Wildman–Crippen MR) is 142 cm³/mol. The van der Waals surface area contributed by atoms with E-state index in [9.17, 15) is 0 Å². The second-order valence-electron chi connectivity index (χ2n) is 9.09. The lowest BCUT2D eigenvalue weighted by Crippen LogP contribution is -2.20. The molecule has 31 heavy (non-hydrogen) atoms. The second-order valence-corrected chi connectivity index (χ2v) is 9.56. The van der Waals surface area contributed by atoms with Gasteiger partial charge in [-0.3, -0.25) is 0 Å². The number of rotatable bonds is 10. The lowest BCUT2D eigenvalue weighted by atomic mass is 9.71. The van der Waals surface area contributed by atoms with E-state index in [4.69, 9.17) is 0 Å². The highest BCUT2D eigenvalue weighted by Gasteiger charge is 2.28. The molecular weight excluding hydrogens is 391 g/mol. The molecule has 2 aromatic rings. The smallest absolute Gasteiger partial charge is 0.00523 e. The van der Waals surface area contributed by atoms with E-state index in [1.54, 1.807) is 0 Å². The van der Waals surface area contributed by atoms with Crippen molar-refractivity contribution in [3.05, 3.63) is 102 Å². The third-order valence-corrected chi connectivity index (χ3v) is 7.41. The summed E-state index contributed by atoms with van der Waals surface area (Å²) >= 11 is 0. The van der Waals surface area contributed by atoms with Crippen LogP contribution in [0.15, 0.2) is 79.4 Å². The largest absolute Gasteiger partial charge is 0.137 e. The van der Waals surface area contributed by atoms with Gasteiger partial charge in [-0.15, -0.1) is 15.8 Å². The molecule has 0 nitrogen and oxygen atoms in total. The van der Waals surface area contributed by atoms with Crippen molar-refractivity contribution in [2.45, 2.75) is 64.7 Å². The number of hydrogen-bond acceptors (Lipinski definition) is 0. The summed E-state index contributed by atoms with van der Waals surface area (Å²) in [4.78, 5) is 0. The van der Waals surface area contributed by atoms with Crippen molar-refractivity contribution in [1.82, 2.24) is 0 Å². The first kappa shape index (κ1) is 23.7. The normalized spacial score (nSPS) is 19.9. The maximum absolute atomic E-state index is 4.17. The fourth-order valence-corrected chi connectivity index (χ4v) is 5.21. The highest BCUT2D eigenvalue weighted by atomic mass is 31.0. The molecule has 0 N–H and O–H groups in total. The molecule has 0 amide bonds. The van der Waals surface area contributed by atoms with E-state index in [0.717, 1.165) is 25.4 Å². The minimum absolute atomic E-state index is 0.320. The zero-order valence-corrected chi connectivity index (χ0v) is 20.6. The molecule has 0 radical (unpaired) electrons. The van der Waals surface area contributed by atoms with Crippen LogP contribution in [0.5, 0.6) is 0 Å². The first-order chi connectivity index (χ1) is 15.1. The zero-order valence-electron chi connectivity index (χ0n) is 19.4. The lowest BCUT2D eigenvalue weighted by molar-refractivity contribution is 0.312. The van der Waals surface area contributed by atoms with Crippen molar-refractivity contribution >= 4 is 14.8 Å². The Morgan fingerprint density at radius 3 is 2.55 bits per heavy atom. The van der Waals surface area contributed by atoms with E-state index >= 15 is 0 Å². The van der Waals surface area contributed by atoms with E-state index in [-0.39, 0.29) is 0 Å². The van der Waals surface area contributed by atoms with Gasteiger partial charge in [0.15, 0.2) is 0 Å². The van der Waals surface area contributed by atoms with Gasteiger partial charge in [0, 0.05) is 5.92 Å². The lowest BCUT2D eigenvalue weighted by Gasteiger charge is -2.34. The van der Waals surface area contributed by atoms with Crippen LogP contribution in [0.25, 0.3) is 5.57 Å². The summed E-state index contributed by atoms with van der Waals surface area (Å²) in [5.41, 5.74) is 7.41. The fourth-order valence-electron chi connectivity index (χ4n) is 4.78. The Bertz CT molecular complexity index is 902. The molecule has 0 saturated heterocycles. The van der Waals surface area contributed by atoms with E-state index < -0.39 is 0 Å². The van der Waals surface area contributed by atoms with Gasteiger partial charge in [-0.05, 0) is 78.4 Å². The molecule has 164 valence electrons. The third kappa shape index (κ3) is 6.30. The molecule has 3 rings (SSSR count). The summed E-state index contributed by atoms with van der Waals surface area (Å²) in [6.45, 7) is 8.54. The predicted octanol–water partition coefficient (Wildman–Crippen LogP) is 8.74. The molecule has 2 aromatic carbocycles. The summed E-state index contributed by atoms with van der Waals surface area (Å²) in [5, 5.41) is 0. The van der Waals surface area contributed by atoms with Gasteiger partial charge in [-0.1, -0.05) is 92.6 Å². The van der Waals surface area contributed by atoms with Gasteiger partial charge >= 0.3 is 0 Å². The summed E-state index contributed by atoms with van der Waals surface area (Å²) in [5.74, 6) is 0.491. The molecule has 1 aliphatic rings. The average Bonchev–Trinajstić information content (AvgIpc) is 2.82. The van der Waals surface area contributed by atoms with Gasteiger partial charge in [0.1, 0.15) is 0 Å². The van der Waals surface area contributed by atoms with Gasteiger partial charge in [-0.2, -0.15) is 0 Å². The van der Waals surface area contributed by atoms with E-state index in [0.29, 0.717) is 11.3 Å². The molecule has 1 heteroatoms. The SMILES string of the molecule is C=CC1(CCCC)CC=C(c2cccc(Cc3ccc(C(C=CC)CP)cc3)c2)CC1. The molecule has 0 bridgehead atoms. The minimum Gasteiger partial charge on any atom is -0.137 e. The Balaban J connectivity index is 1.70. The Hall–Kier alpha value is -1.91. The van der Waals surface area contributed by atoms with Gasteiger partial charge < -0.3 is 0 Å². The highest BCUT2D eigenvalue weighted by molar-refractivity contribution is 7.16. The Morgan fingerprint density at radius 1 is 1.13 bits per heavy atom. The van der Waals surface area contributed by atoms with Crippen LogP contribution in [0.4, 0.5) is 0 Å². The number of unbranched alkanes of at least 4 members (excludes halogenated alkanes) is 1. The number of benzene rings is 2. The molecule has 0 saturated carbocycles. The monoisotopic (exact) mass is 430 g/mol. The summed E-state index contributed by atoms with van der Waals surface area (Å²) in [6, 6.07) is 18.4. The summed E-state index contributed by atoms with van der Waals surface area (Å²) < 4.78 is 0. The Morgan fingerprint density at radius 2 is 1.94 bits per heavy atom. The third-order valence-electron chi connectivity index (χ3n) is 6.90. The molecular formula is C30H39P. The van der Waals surface area contributed by atoms with Crippen molar-refractivity contribution in [2.75, 3.05) is 6.16 Å². The average molecular weight is 431 g/mol. The summed E-state index contributed by atoms with van der Waals surface area (Å²) in [7, 11) is 2.87. The van der Waals surface area contributed by atoms with Crippen molar-refractivity contribution < 1.29 is 0 Å². The topological polar surface area (TPSA) is 0 Å². The molecule has 0 spiro atoms. The Labute approximate surface area is 192 Å². The Kier molecular flexibility index (Phi) is 8.91. The zero-order chi connectivity index (χ0) is 22.1. The van der Waals surface area contributed by atoms with Crippen LogP contribution in [0.3, 0.4) is 0 Å². The van der Waals surface area contributed by atoms with Crippen LogP contribution in [0, 0.1) is 5.41 Å².